The first-order valence-electron chi connectivity index (χ1n) is 19.2. The van der Waals surface area contributed by atoms with Gasteiger partial charge in [-0.05, 0) is 104 Å². The summed E-state index contributed by atoms with van der Waals surface area (Å²) in [4.78, 5) is 102. The van der Waals surface area contributed by atoms with Crippen molar-refractivity contribution in [2.45, 2.75) is 88.8 Å². The number of rotatable bonds is 6. The average molecular weight is 922 g/mol. The molecular formula is C39H46F2IN7O9. The van der Waals surface area contributed by atoms with Crippen molar-refractivity contribution >= 4 is 69.8 Å². The molecule has 4 heterocycles. The number of carbonyl (C=O) groups excluding carboxylic acids is 7. The number of ether oxygens (including phenoxy) is 2. The van der Waals surface area contributed by atoms with Gasteiger partial charge in [-0.3, -0.25) is 24.0 Å². The maximum Gasteiger partial charge on any atom is 0.329 e. The van der Waals surface area contributed by atoms with E-state index in [1.807, 2.05) is 6.92 Å². The normalized spacial score (nSPS) is 27.5. The van der Waals surface area contributed by atoms with Crippen molar-refractivity contribution < 1.29 is 51.8 Å². The third kappa shape index (κ3) is 9.84. The van der Waals surface area contributed by atoms with Crippen molar-refractivity contribution in [3.8, 4) is 0 Å². The molecule has 58 heavy (non-hydrogen) atoms. The molecule has 8 atom stereocenters. The van der Waals surface area contributed by atoms with Crippen molar-refractivity contribution in [2.75, 3.05) is 38.2 Å². The third-order valence-electron chi connectivity index (χ3n) is 10.8. The lowest BCUT2D eigenvalue weighted by molar-refractivity contribution is -0.164. The lowest BCUT2D eigenvalue weighted by atomic mass is 10.0. The third-order valence-corrected chi connectivity index (χ3v) is 11.5. The number of urea groups is 1. The molecule has 312 valence electrons. The molecule has 16 nitrogen and oxygen atoms in total. The van der Waals surface area contributed by atoms with Crippen LogP contribution in [-0.4, -0.2) is 131 Å². The minimum Gasteiger partial charge on any atom is -0.458 e. The second kappa shape index (κ2) is 18.3. The van der Waals surface area contributed by atoms with Crippen LogP contribution in [0.4, 0.5) is 19.3 Å². The van der Waals surface area contributed by atoms with Crippen LogP contribution in [0.2, 0.25) is 0 Å². The fraction of sp³-hybridized carbons (Fsp3) is 0.513. The van der Waals surface area contributed by atoms with E-state index in [1.165, 1.54) is 28.5 Å². The lowest BCUT2D eigenvalue weighted by Gasteiger charge is -2.39. The molecule has 4 aliphatic heterocycles. The van der Waals surface area contributed by atoms with Gasteiger partial charge in [0, 0.05) is 41.4 Å². The van der Waals surface area contributed by atoms with Crippen LogP contribution in [0.15, 0.2) is 42.5 Å². The monoisotopic (exact) mass is 921 g/mol. The summed E-state index contributed by atoms with van der Waals surface area (Å²) < 4.78 is 41.0. The molecule has 0 radical (unpaired) electrons. The van der Waals surface area contributed by atoms with Gasteiger partial charge in [0.1, 0.15) is 54.0 Å². The fourth-order valence-electron chi connectivity index (χ4n) is 7.87. The number of cyclic esters (lactones) is 1. The van der Waals surface area contributed by atoms with E-state index in [0.29, 0.717) is 18.2 Å². The molecule has 0 aliphatic carbocycles. The molecule has 4 saturated heterocycles. The van der Waals surface area contributed by atoms with E-state index < -0.39 is 102 Å². The maximum absolute atomic E-state index is 14.7. The van der Waals surface area contributed by atoms with Gasteiger partial charge in [0.15, 0.2) is 0 Å². The van der Waals surface area contributed by atoms with Gasteiger partial charge in [-0.2, -0.15) is 0 Å². The van der Waals surface area contributed by atoms with E-state index in [4.69, 9.17) is 9.47 Å². The standard InChI is InChI=1S/C39H46F2IN7O9/c1-20-13-30-38(55)58-22(3)32(46-33(50)28(16-23-14-24(40)17-25(41)15-23)45-39(56)44-27-8-6-26(42)7-9-27)37(54)47-10-4-5-29(47)36(53)48-11-12-57-19-31(48)34(51)43-21(2)35(52)49(30)18-20/h6-9,14-15,17,20-22,28-32H,4-5,10-13,16,18-19H2,1-3H3,(H,43,51)(H,46,50)(H2,44,45,56)/t20-,21+,22+,28+,29+,30+,31+,32+/m1/s1. The Kier molecular flexibility index (Phi) is 13.5. The highest BCUT2D eigenvalue weighted by Crippen LogP contribution is 2.28. The zero-order valence-corrected chi connectivity index (χ0v) is 34.3. The highest BCUT2D eigenvalue weighted by atomic mass is 127. The van der Waals surface area contributed by atoms with E-state index in [-0.39, 0.29) is 57.2 Å². The number of nitrogens with zero attached hydrogens (tertiary/aromatic N) is 3. The van der Waals surface area contributed by atoms with Crippen molar-refractivity contribution in [3.05, 3.63) is 63.2 Å². The number of esters is 1. The minimum absolute atomic E-state index is 0.0136. The average Bonchev–Trinajstić information content (AvgIpc) is 3.83. The minimum atomic E-state index is -1.64. The predicted molar refractivity (Wildman–Crippen MR) is 211 cm³/mol. The summed E-state index contributed by atoms with van der Waals surface area (Å²) in [7, 11) is 0. The maximum atomic E-state index is 14.7. The predicted octanol–water partition coefficient (Wildman–Crippen LogP) is 1.69. The summed E-state index contributed by atoms with van der Waals surface area (Å²) in [5, 5.41) is 10.4. The van der Waals surface area contributed by atoms with Crippen LogP contribution in [0.3, 0.4) is 0 Å². The number of hydrogen-bond donors (Lipinski definition) is 4. The summed E-state index contributed by atoms with van der Waals surface area (Å²) in [5.74, 6) is -6.30. The number of carbonyl (C=O) groups is 7. The summed E-state index contributed by atoms with van der Waals surface area (Å²) in [6.07, 6.45) is -0.963. The summed E-state index contributed by atoms with van der Waals surface area (Å²) in [5.41, 5.74) is 0.398. The number of nitrogens with one attached hydrogen (secondary N) is 4. The number of hydrogen-bond acceptors (Lipinski definition) is 9. The first-order valence-corrected chi connectivity index (χ1v) is 20.3. The fourth-order valence-corrected chi connectivity index (χ4v) is 8.23. The molecule has 19 heteroatoms. The highest BCUT2D eigenvalue weighted by Gasteiger charge is 2.47. The number of halogens is 3. The lowest BCUT2D eigenvalue weighted by Crippen LogP contribution is -2.64. The van der Waals surface area contributed by atoms with Crippen LogP contribution >= 0.6 is 22.6 Å². The molecule has 7 amide bonds. The molecule has 0 unspecified atom stereocenters. The van der Waals surface area contributed by atoms with Crippen LogP contribution in [0.25, 0.3) is 0 Å². The molecule has 2 aromatic carbocycles. The Morgan fingerprint density at radius 2 is 1.59 bits per heavy atom. The second-order valence-corrected chi connectivity index (χ2v) is 16.4. The van der Waals surface area contributed by atoms with E-state index >= 15 is 0 Å². The molecule has 4 fully saturated rings. The van der Waals surface area contributed by atoms with Crippen molar-refractivity contribution in [1.29, 1.82) is 0 Å². The summed E-state index contributed by atoms with van der Waals surface area (Å²) in [6, 6.07) is 1.05. The van der Waals surface area contributed by atoms with E-state index in [0.717, 1.165) is 15.7 Å². The van der Waals surface area contributed by atoms with Gasteiger partial charge in [0.25, 0.3) is 0 Å². The molecule has 0 bridgehead atoms. The molecule has 4 N–H and O–H groups in total. The number of morpholine rings is 1. The Bertz CT molecular complexity index is 1920. The molecular weight excluding hydrogens is 875 g/mol. The Labute approximate surface area is 347 Å². The van der Waals surface area contributed by atoms with Crippen molar-refractivity contribution in [1.82, 2.24) is 30.7 Å². The number of amides is 7. The quantitative estimate of drug-likeness (QED) is 0.247. The van der Waals surface area contributed by atoms with Gasteiger partial charge >= 0.3 is 12.0 Å². The largest absolute Gasteiger partial charge is 0.458 e. The van der Waals surface area contributed by atoms with Crippen molar-refractivity contribution in [2.24, 2.45) is 5.92 Å². The Morgan fingerprint density at radius 3 is 2.29 bits per heavy atom. The summed E-state index contributed by atoms with van der Waals surface area (Å²) >= 11 is 2.09. The molecule has 0 aromatic heterocycles. The second-order valence-electron chi connectivity index (χ2n) is 15.2. The number of benzene rings is 2. The van der Waals surface area contributed by atoms with Gasteiger partial charge in [-0.15, -0.1) is 0 Å². The van der Waals surface area contributed by atoms with Gasteiger partial charge in [-0.1, -0.05) is 6.92 Å². The number of anilines is 1. The Morgan fingerprint density at radius 1 is 0.897 bits per heavy atom. The van der Waals surface area contributed by atoms with E-state index in [9.17, 15) is 42.3 Å². The van der Waals surface area contributed by atoms with Crippen LogP contribution in [0, 0.1) is 21.1 Å². The van der Waals surface area contributed by atoms with E-state index in [2.05, 4.69) is 43.9 Å². The Hall–Kier alpha value is -4.92. The molecule has 4 aliphatic rings. The van der Waals surface area contributed by atoms with Crippen LogP contribution in [-0.2, 0) is 44.7 Å². The Balaban J connectivity index is 1.34. The number of fused-ring (bicyclic) bond motifs is 3. The first-order chi connectivity index (χ1) is 27.6. The van der Waals surface area contributed by atoms with Crippen molar-refractivity contribution in [3.63, 3.8) is 0 Å². The van der Waals surface area contributed by atoms with Gasteiger partial charge in [0.2, 0.25) is 29.5 Å². The van der Waals surface area contributed by atoms with Gasteiger partial charge in [0.05, 0.1) is 13.2 Å². The van der Waals surface area contributed by atoms with E-state index in [1.54, 1.807) is 24.3 Å². The van der Waals surface area contributed by atoms with Crippen LogP contribution in [0.1, 0.15) is 45.6 Å². The molecule has 6 rings (SSSR count). The zero-order valence-electron chi connectivity index (χ0n) is 32.2. The zero-order chi connectivity index (χ0) is 41.8. The molecule has 2 aromatic rings. The topological polar surface area (TPSA) is 196 Å². The smallest absolute Gasteiger partial charge is 0.329 e. The van der Waals surface area contributed by atoms with Crippen LogP contribution in [0.5, 0.6) is 0 Å². The van der Waals surface area contributed by atoms with Gasteiger partial charge in [-0.25, -0.2) is 18.4 Å². The van der Waals surface area contributed by atoms with Gasteiger partial charge < -0.3 is 45.4 Å². The molecule has 0 spiro atoms. The summed E-state index contributed by atoms with van der Waals surface area (Å²) in [6.45, 7) is 5.00. The highest BCUT2D eigenvalue weighted by molar-refractivity contribution is 14.1. The SMILES string of the molecule is C[C@@H]1C[C@H]2C(=O)O[C@@H](C)[C@H](NC(=O)[C@H](Cc3cc(F)cc(F)c3)NC(=O)Nc3ccc(I)cc3)C(=O)N3CCC[C@H]3C(=O)N3CCOC[C@H]3C(=O)N[C@@H](C)C(=O)N2C1. The van der Waals surface area contributed by atoms with Crippen LogP contribution < -0.4 is 21.3 Å². The first kappa shape index (κ1) is 42.7. The molecule has 0 saturated carbocycles.